The molecule has 1 N–H and O–H groups in total. The Morgan fingerprint density at radius 3 is 2.50 bits per heavy atom. The highest BCUT2D eigenvalue weighted by molar-refractivity contribution is 9.10. The van der Waals surface area contributed by atoms with Crippen molar-refractivity contribution in [1.29, 1.82) is 0 Å². The van der Waals surface area contributed by atoms with Gasteiger partial charge in [0.15, 0.2) is 0 Å². The third-order valence-electron chi connectivity index (χ3n) is 3.73. The number of para-hydroxylation sites is 1. The van der Waals surface area contributed by atoms with Crippen molar-refractivity contribution in [2.24, 2.45) is 0 Å². The predicted molar refractivity (Wildman–Crippen MR) is 100 cm³/mol. The standard InChI is InChI=1S/C19H13BrN2O6/c20-14-9-11(6-7-15(14)28-10-16(23)24)8-13-17(25)21-19(27)22(18(13)26)12-4-2-1-3-5-12/h1-9H,10H2,(H,23,24)(H,21,25,27)/p-1/b13-8+. The lowest BCUT2D eigenvalue weighted by molar-refractivity contribution is -0.307. The minimum absolute atomic E-state index is 0.223. The summed E-state index contributed by atoms with van der Waals surface area (Å²) in [5.74, 6) is -2.68. The molecule has 0 saturated carbocycles. The number of hydrogen-bond acceptors (Lipinski definition) is 6. The molecule has 0 spiro atoms. The first kappa shape index (κ1) is 19.3. The molecule has 0 aliphatic carbocycles. The molecule has 0 unspecified atom stereocenters. The van der Waals surface area contributed by atoms with Crippen molar-refractivity contribution in [3.8, 4) is 5.75 Å². The van der Waals surface area contributed by atoms with Gasteiger partial charge in [0.2, 0.25) is 0 Å². The van der Waals surface area contributed by atoms with Crippen LogP contribution >= 0.6 is 15.9 Å². The van der Waals surface area contributed by atoms with E-state index in [0.717, 1.165) is 4.90 Å². The summed E-state index contributed by atoms with van der Waals surface area (Å²) in [5, 5.41) is 12.6. The SMILES string of the molecule is O=C([O-])COc1ccc(/C=C2\C(=O)NC(=O)N(c3ccccc3)C2=O)cc1Br. The Morgan fingerprint density at radius 2 is 1.86 bits per heavy atom. The Morgan fingerprint density at radius 1 is 1.14 bits per heavy atom. The second kappa shape index (κ2) is 8.05. The number of amides is 4. The Labute approximate surface area is 167 Å². The van der Waals surface area contributed by atoms with E-state index >= 15 is 0 Å². The number of carboxylic acid groups (broad SMARTS) is 1. The van der Waals surface area contributed by atoms with Gasteiger partial charge in [-0.1, -0.05) is 24.3 Å². The average Bonchev–Trinajstić information content (AvgIpc) is 2.65. The van der Waals surface area contributed by atoms with E-state index < -0.39 is 30.4 Å². The monoisotopic (exact) mass is 443 g/mol. The van der Waals surface area contributed by atoms with Gasteiger partial charge in [0.25, 0.3) is 11.8 Å². The number of halogens is 1. The van der Waals surface area contributed by atoms with Crippen LogP contribution in [-0.4, -0.2) is 30.4 Å². The number of benzene rings is 2. The van der Waals surface area contributed by atoms with Gasteiger partial charge < -0.3 is 14.6 Å². The predicted octanol–water partition coefficient (Wildman–Crippen LogP) is 1.24. The number of rotatable bonds is 5. The molecule has 2 aromatic carbocycles. The topological polar surface area (TPSA) is 116 Å². The highest BCUT2D eigenvalue weighted by atomic mass is 79.9. The van der Waals surface area contributed by atoms with Crippen molar-refractivity contribution in [2.45, 2.75) is 0 Å². The van der Waals surface area contributed by atoms with Crippen molar-refractivity contribution < 1.29 is 29.0 Å². The van der Waals surface area contributed by atoms with Gasteiger partial charge in [-0.05, 0) is 51.8 Å². The molecule has 8 nitrogen and oxygen atoms in total. The molecule has 0 bridgehead atoms. The van der Waals surface area contributed by atoms with Gasteiger partial charge in [-0.3, -0.25) is 14.9 Å². The number of aliphatic carboxylic acids is 1. The van der Waals surface area contributed by atoms with E-state index in [4.69, 9.17) is 4.74 Å². The van der Waals surface area contributed by atoms with Crippen LogP contribution in [0, 0.1) is 0 Å². The van der Waals surface area contributed by atoms with Crippen LogP contribution in [0.2, 0.25) is 0 Å². The fourth-order valence-corrected chi connectivity index (χ4v) is 3.01. The third-order valence-corrected chi connectivity index (χ3v) is 4.35. The number of ether oxygens (including phenoxy) is 1. The van der Waals surface area contributed by atoms with Gasteiger partial charge in [0, 0.05) is 0 Å². The van der Waals surface area contributed by atoms with Gasteiger partial charge in [-0.15, -0.1) is 0 Å². The van der Waals surface area contributed by atoms with Gasteiger partial charge in [0.1, 0.15) is 17.9 Å². The summed E-state index contributed by atoms with van der Waals surface area (Å²) in [4.78, 5) is 48.4. The molecule has 1 saturated heterocycles. The van der Waals surface area contributed by atoms with E-state index in [-0.39, 0.29) is 11.3 Å². The first-order chi connectivity index (χ1) is 13.4. The van der Waals surface area contributed by atoms with Crippen LogP contribution in [0.15, 0.2) is 58.6 Å². The Kier molecular flexibility index (Phi) is 5.55. The molecule has 142 valence electrons. The molecule has 3 rings (SSSR count). The first-order valence-corrected chi connectivity index (χ1v) is 8.75. The zero-order valence-electron chi connectivity index (χ0n) is 14.2. The number of carbonyl (C=O) groups excluding carboxylic acids is 4. The average molecular weight is 444 g/mol. The van der Waals surface area contributed by atoms with Crippen molar-refractivity contribution in [1.82, 2.24) is 5.32 Å². The lowest BCUT2D eigenvalue weighted by Crippen LogP contribution is -2.54. The number of anilines is 1. The van der Waals surface area contributed by atoms with Crippen LogP contribution in [0.25, 0.3) is 6.08 Å². The van der Waals surface area contributed by atoms with E-state index in [9.17, 15) is 24.3 Å². The molecule has 28 heavy (non-hydrogen) atoms. The maximum atomic E-state index is 12.7. The second-order valence-electron chi connectivity index (χ2n) is 5.64. The van der Waals surface area contributed by atoms with Crippen LogP contribution in [0.5, 0.6) is 5.75 Å². The van der Waals surface area contributed by atoms with E-state index in [1.165, 1.54) is 18.2 Å². The number of barbiturate groups is 1. The zero-order valence-corrected chi connectivity index (χ0v) is 15.8. The van der Waals surface area contributed by atoms with Crippen LogP contribution in [0.1, 0.15) is 5.56 Å². The Bertz CT molecular complexity index is 1000. The molecule has 0 atom stereocenters. The maximum Gasteiger partial charge on any atom is 0.335 e. The summed E-state index contributed by atoms with van der Waals surface area (Å²) < 4.78 is 5.46. The molecule has 1 aliphatic rings. The number of imide groups is 2. The van der Waals surface area contributed by atoms with E-state index in [1.54, 1.807) is 36.4 Å². The first-order valence-electron chi connectivity index (χ1n) is 7.95. The maximum absolute atomic E-state index is 12.7. The molecule has 9 heteroatoms. The normalized spacial score (nSPS) is 15.5. The lowest BCUT2D eigenvalue weighted by atomic mass is 10.1. The summed E-state index contributed by atoms with van der Waals surface area (Å²) >= 11 is 3.23. The van der Waals surface area contributed by atoms with E-state index in [2.05, 4.69) is 21.2 Å². The van der Waals surface area contributed by atoms with Gasteiger partial charge >= 0.3 is 6.03 Å². The van der Waals surface area contributed by atoms with E-state index in [0.29, 0.717) is 15.7 Å². The third kappa shape index (κ3) is 4.09. The van der Waals surface area contributed by atoms with Gasteiger partial charge in [-0.25, -0.2) is 9.69 Å². The van der Waals surface area contributed by atoms with Crippen LogP contribution in [0.4, 0.5) is 10.5 Å². The molecular weight excluding hydrogens is 432 g/mol. The summed E-state index contributed by atoms with van der Waals surface area (Å²) in [6, 6.07) is 11.9. The van der Waals surface area contributed by atoms with E-state index in [1.807, 2.05) is 0 Å². The van der Waals surface area contributed by atoms with Gasteiger partial charge in [0.05, 0.1) is 16.1 Å². The number of nitrogens with one attached hydrogen (secondary N) is 1. The van der Waals surface area contributed by atoms with Crippen LogP contribution in [-0.2, 0) is 14.4 Å². The number of urea groups is 1. The van der Waals surface area contributed by atoms with Crippen LogP contribution in [0.3, 0.4) is 0 Å². The molecule has 1 heterocycles. The molecule has 0 radical (unpaired) electrons. The quantitative estimate of drug-likeness (QED) is 0.548. The minimum Gasteiger partial charge on any atom is -0.546 e. The largest absolute Gasteiger partial charge is 0.546 e. The fourth-order valence-electron chi connectivity index (χ4n) is 2.50. The Balaban J connectivity index is 1.91. The molecule has 4 amide bonds. The minimum atomic E-state index is -1.37. The van der Waals surface area contributed by atoms with Crippen molar-refractivity contribution in [2.75, 3.05) is 11.5 Å². The number of hydrogen-bond donors (Lipinski definition) is 1. The van der Waals surface area contributed by atoms with Crippen molar-refractivity contribution in [3.05, 3.63) is 64.1 Å². The van der Waals surface area contributed by atoms with Crippen LogP contribution < -0.4 is 20.1 Å². The molecular formula is C19H12BrN2O6-. The number of carbonyl (C=O) groups is 4. The molecule has 1 aliphatic heterocycles. The Hall–Kier alpha value is -3.46. The van der Waals surface area contributed by atoms with Crippen molar-refractivity contribution >= 4 is 51.5 Å². The molecule has 1 fully saturated rings. The molecule has 0 aromatic heterocycles. The highest BCUT2D eigenvalue weighted by Gasteiger charge is 2.36. The zero-order chi connectivity index (χ0) is 20.3. The smallest absolute Gasteiger partial charge is 0.335 e. The summed E-state index contributed by atoms with van der Waals surface area (Å²) in [5.41, 5.74) is 0.572. The summed E-state index contributed by atoms with van der Waals surface area (Å²) in [7, 11) is 0. The van der Waals surface area contributed by atoms with Crippen molar-refractivity contribution in [3.63, 3.8) is 0 Å². The number of nitrogens with zero attached hydrogens (tertiary/aromatic N) is 1. The lowest BCUT2D eigenvalue weighted by Gasteiger charge is -2.26. The second-order valence-corrected chi connectivity index (χ2v) is 6.50. The number of carboxylic acids is 1. The summed E-state index contributed by atoms with van der Waals surface area (Å²) in [6.07, 6.45) is 1.33. The fraction of sp³-hybridized carbons (Fsp3) is 0.0526. The van der Waals surface area contributed by atoms with Gasteiger partial charge in [-0.2, -0.15) is 0 Å². The molecule has 2 aromatic rings. The highest BCUT2D eigenvalue weighted by Crippen LogP contribution is 2.28. The summed E-state index contributed by atoms with van der Waals surface area (Å²) in [6.45, 7) is -0.617.